The van der Waals surface area contributed by atoms with Crippen LogP contribution in [0.4, 0.5) is 0 Å². The zero-order chi connectivity index (χ0) is 11.7. The normalized spacial score (nSPS) is 20.7. The van der Waals surface area contributed by atoms with Crippen molar-refractivity contribution in [3.05, 3.63) is 35.9 Å². The number of benzene rings is 1. The van der Waals surface area contributed by atoms with Crippen LogP contribution in [0.1, 0.15) is 5.56 Å². The summed E-state index contributed by atoms with van der Waals surface area (Å²) in [5.41, 5.74) is 0.980. The van der Waals surface area contributed by atoms with E-state index in [2.05, 4.69) is 0 Å². The quantitative estimate of drug-likeness (QED) is 0.746. The van der Waals surface area contributed by atoms with Crippen LogP contribution in [0.15, 0.2) is 30.3 Å². The smallest absolute Gasteiger partial charge is 0.332 e. The molecule has 0 radical (unpaired) electrons. The summed E-state index contributed by atoms with van der Waals surface area (Å²) in [6, 6.07) is 8.42. The average molecular weight is 220 g/mol. The molecule has 1 saturated heterocycles. The van der Waals surface area contributed by atoms with E-state index in [1.165, 1.54) is 10.0 Å². The van der Waals surface area contributed by atoms with Crippen LogP contribution in [0.2, 0.25) is 0 Å². The highest BCUT2D eigenvalue weighted by Crippen LogP contribution is 2.21. The maximum absolute atomic E-state index is 11.3. The summed E-state index contributed by atoms with van der Waals surface area (Å²) in [5, 5.41) is 11.7. The summed E-state index contributed by atoms with van der Waals surface area (Å²) in [6.45, 7) is 0.431. The van der Waals surface area contributed by atoms with Gasteiger partial charge in [0.2, 0.25) is 6.04 Å². The minimum Gasteiger partial charge on any atom is -0.480 e. The van der Waals surface area contributed by atoms with E-state index in [1.807, 2.05) is 30.3 Å². The Hall–Kier alpha value is -1.88. The molecule has 1 aliphatic heterocycles. The van der Waals surface area contributed by atoms with E-state index in [1.54, 1.807) is 7.05 Å². The third-order valence-electron chi connectivity index (χ3n) is 2.66. The van der Waals surface area contributed by atoms with Gasteiger partial charge in [-0.2, -0.15) is 5.01 Å². The lowest BCUT2D eigenvalue weighted by molar-refractivity contribution is -0.198. The van der Waals surface area contributed by atoms with Crippen LogP contribution < -0.4 is 0 Å². The van der Waals surface area contributed by atoms with Gasteiger partial charge < -0.3 is 5.11 Å². The molecule has 1 unspecified atom stereocenters. The molecule has 1 aliphatic rings. The molecular weight excluding hydrogens is 208 g/mol. The zero-order valence-electron chi connectivity index (χ0n) is 8.83. The zero-order valence-corrected chi connectivity index (χ0v) is 8.83. The van der Waals surface area contributed by atoms with Crippen molar-refractivity contribution in [1.82, 2.24) is 10.0 Å². The fraction of sp³-hybridized carbons (Fsp3) is 0.273. The van der Waals surface area contributed by atoms with Gasteiger partial charge in [0.15, 0.2) is 0 Å². The number of hydrazine groups is 1. The second kappa shape index (κ2) is 3.94. The Morgan fingerprint density at radius 2 is 2.00 bits per heavy atom. The molecule has 5 nitrogen and oxygen atoms in total. The average Bonchev–Trinajstić information content (AvgIpc) is 2.28. The van der Waals surface area contributed by atoms with Crippen LogP contribution in [0.5, 0.6) is 0 Å². The highest BCUT2D eigenvalue weighted by atomic mass is 16.4. The Morgan fingerprint density at radius 3 is 2.56 bits per heavy atom. The number of hydrogen-bond donors (Lipinski definition) is 1. The highest BCUT2D eigenvalue weighted by Gasteiger charge is 2.47. The molecule has 1 amide bonds. The van der Waals surface area contributed by atoms with E-state index in [0.717, 1.165) is 5.56 Å². The number of carbonyl (C=O) groups excluding carboxylic acids is 1. The number of carboxylic acids is 1. The van der Waals surface area contributed by atoms with Crippen molar-refractivity contribution in [2.75, 3.05) is 7.05 Å². The Morgan fingerprint density at radius 1 is 1.38 bits per heavy atom. The minimum absolute atomic E-state index is 0.372. The van der Waals surface area contributed by atoms with Crippen LogP contribution in [0.25, 0.3) is 0 Å². The van der Waals surface area contributed by atoms with E-state index in [9.17, 15) is 9.59 Å². The van der Waals surface area contributed by atoms with Crippen LogP contribution in [-0.4, -0.2) is 40.1 Å². The van der Waals surface area contributed by atoms with Crippen LogP contribution in [0, 0.1) is 0 Å². The van der Waals surface area contributed by atoms with Gasteiger partial charge in [-0.25, -0.2) is 4.79 Å². The van der Waals surface area contributed by atoms with Crippen molar-refractivity contribution in [3.8, 4) is 0 Å². The summed E-state index contributed by atoms with van der Waals surface area (Å²) >= 11 is 0. The Balaban J connectivity index is 2.10. The molecule has 0 aliphatic carbocycles. The fourth-order valence-electron chi connectivity index (χ4n) is 1.75. The lowest BCUT2D eigenvalue weighted by Crippen LogP contribution is -2.69. The van der Waals surface area contributed by atoms with Crippen LogP contribution in [0.3, 0.4) is 0 Å². The number of amides is 1. The van der Waals surface area contributed by atoms with Gasteiger partial charge in [0.25, 0.3) is 5.91 Å². The molecule has 84 valence electrons. The molecule has 0 bridgehead atoms. The van der Waals surface area contributed by atoms with Crippen LogP contribution >= 0.6 is 0 Å². The maximum Gasteiger partial charge on any atom is 0.332 e. The van der Waals surface area contributed by atoms with Gasteiger partial charge in [-0.3, -0.25) is 9.80 Å². The largest absolute Gasteiger partial charge is 0.480 e. The Bertz CT molecular complexity index is 418. The number of carbonyl (C=O) groups is 2. The van der Waals surface area contributed by atoms with E-state index in [4.69, 9.17) is 5.11 Å². The van der Waals surface area contributed by atoms with Crippen molar-refractivity contribution in [1.29, 1.82) is 0 Å². The SMILES string of the molecule is CN1C(=O)C(C(=O)O)N1Cc1ccccc1. The Labute approximate surface area is 92.9 Å². The summed E-state index contributed by atoms with van der Waals surface area (Å²) in [6.07, 6.45) is 0. The summed E-state index contributed by atoms with van der Waals surface area (Å²) in [4.78, 5) is 22.2. The van der Waals surface area contributed by atoms with Gasteiger partial charge >= 0.3 is 5.97 Å². The molecule has 5 heteroatoms. The van der Waals surface area contributed by atoms with Crippen molar-refractivity contribution in [3.63, 3.8) is 0 Å². The van der Waals surface area contributed by atoms with E-state index in [-0.39, 0.29) is 5.91 Å². The minimum atomic E-state index is -1.10. The molecule has 0 saturated carbocycles. The van der Waals surface area contributed by atoms with Crippen molar-refractivity contribution in [2.45, 2.75) is 12.6 Å². The van der Waals surface area contributed by atoms with Crippen molar-refractivity contribution < 1.29 is 14.7 Å². The molecule has 2 rings (SSSR count). The first-order valence-corrected chi connectivity index (χ1v) is 4.92. The summed E-state index contributed by atoms with van der Waals surface area (Å²) in [5.74, 6) is -1.47. The molecule has 1 N–H and O–H groups in total. The molecule has 1 heterocycles. The highest BCUT2D eigenvalue weighted by molar-refractivity contribution is 6.04. The van der Waals surface area contributed by atoms with Gasteiger partial charge in [0.05, 0.1) is 0 Å². The van der Waals surface area contributed by atoms with Gasteiger partial charge in [0.1, 0.15) is 0 Å². The lowest BCUT2D eigenvalue weighted by Gasteiger charge is -2.45. The second-order valence-corrected chi connectivity index (χ2v) is 3.69. The molecule has 1 aromatic rings. The van der Waals surface area contributed by atoms with Gasteiger partial charge in [-0.1, -0.05) is 30.3 Å². The number of carboxylic acid groups (broad SMARTS) is 1. The summed E-state index contributed by atoms with van der Waals surface area (Å²) < 4.78 is 0. The first-order valence-electron chi connectivity index (χ1n) is 4.92. The molecule has 1 fully saturated rings. The molecule has 16 heavy (non-hydrogen) atoms. The third-order valence-corrected chi connectivity index (χ3v) is 2.66. The molecular formula is C11H12N2O3. The standard InChI is InChI=1S/C11H12N2O3/c1-12-10(14)9(11(15)16)13(12)7-8-5-3-2-4-6-8/h2-6,9H,7H2,1H3,(H,15,16). The maximum atomic E-state index is 11.3. The van der Waals surface area contributed by atoms with E-state index in [0.29, 0.717) is 6.54 Å². The first-order chi connectivity index (χ1) is 7.61. The second-order valence-electron chi connectivity index (χ2n) is 3.69. The lowest BCUT2D eigenvalue weighted by atomic mass is 10.1. The number of rotatable bonds is 3. The number of likely N-dealkylation sites (N-methyl/N-ethyl adjacent to an activating group) is 1. The van der Waals surface area contributed by atoms with Gasteiger partial charge in [-0.15, -0.1) is 0 Å². The predicted octanol–water partition coefficient (Wildman–Crippen LogP) is 0.329. The molecule has 0 aromatic heterocycles. The number of aliphatic carboxylic acids is 1. The molecule has 1 aromatic carbocycles. The summed E-state index contributed by atoms with van der Waals surface area (Å²) in [7, 11) is 1.57. The monoisotopic (exact) mass is 220 g/mol. The van der Waals surface area contributed by atoms with Crippen LogP contribution in [-0.2, 0) is 16.1 Å². The topological polar surface area (TPSA) is 60.9 Å². The first kappa shape index (κ1) is 10.6. The number of nitrogens with zero attached hydrogens (tertiary/aromatic N) is 2. The predicted molar refractivity (Wildman–Crippen MR) is 56.2 cm³/mol. The fourth-order valence-corrected chi connectivity index (χ4v) is 1.75. The Kier molecular flexibility index (Phi) is 2.62. The van der Waals surface area contributed by atoms with Gasteiger partial charge in [-0.05, 0) is 5.56 Å². The molecule has 0 spiro atoms. The van der Waals surface area contributed by atoms with Gasteiger partial charge in [0, 0.05) is 13.6 Å². The van der Waals surface area contributed by atoms with Crippen molar-refractivity contribution >= 4 is 11.9 Å². The third kappa shape index (κ3) is 1.65. The van der Waals surface area contributed by atoms with E-state index >= 15 is 0 Å². The van der Waals surface area contributed by atoms with E-state index < -0.39 is 12.0 Å². The molecule has 1 atom stereocenters. The number of hydrogen-bond acceptors (Lipinski definition) is 3. The van der Waals surface area contributed by atoms with Crippen molar-refractivity contribution in [2.24, 2.45) is 0 Å².